The second kappa shape index (κ2) is 7.04. The average molecular weight is 250 g/mol. The summed E-state index contributed by atoms with van der Waals surface area (Å²) >= 11 is 0. The van der Waals surface area contributed by atoms with Crippen LogP contribution >= 0.6 is 0 Å². The van der Waals surface area contributed by atoms with Crippen LogP contribution in [0.3, 0.4) is 0 Å². The average Bonchev–Trinajstić information content (AvgIpc) is 2.28. The first-order valence-corrected chi connectivity index (χ1v) is 6.47. The molecule has 1 aromatic rings. The molecule has 3 nitrogen and oxygen atoms in total. The number of benzene rings is 1. The summed E-state index contributed by atoms with van der Waals surface area (Å²) in [6, 6.07) is 7.07. The molecule has 0 aliphatic rings. The van der Waals surface area contributed by atoms with Crippen LogP contribution in [0.15, 0.2) is 24.3 Å². The van der Waals surface area contributed by atoms with Crippen LogP contribution in [0.4, 0.5) is 0 Å². The smallest absolute Gasteiger partial charge is 0.306 e. The number of esters is 1. The summed E-state index contributed by atoms with van der Waals surface area (Å²) in [5.74, 6) is 0.761. The molecule has 1 atom stereocenters. The third-order valence-electron chi connectivity index (χ3n) is 2.84. The molecule has 1 N–H and O–H groups in total. The van der Waals surface area contributed by atoms with E-state index in [1.54, 1.807) is 12.1 Å². The van der Waals surface area contributed by atoms with Crippen molar-refractivity contribution in [3.63, 3.8) is 0 Å². The monoisotopic (exact) mass is 250 g/mol. The van der Waals surface area contributed by atoms with Gasteiger partial charge in [-0.2, -0.15) is 0 Å². The molecule has 0 amide bonds. The Morgan fingerprint density at radius 3 is 2.39 bits per heavy atom. The minimum atomic E-state index is -0.156. The zero-order chi connectivity index (χ0) is 13.5. The molecule has 18 heavy (non-hydrogen) atoms. The molecule has 0 heterocycles. The van der Waals surface area contributed by atoms with Gasteiger partial charge in [-0.1, -0.05) is 26.0 Å². The number of rotatable bonds is 6. The molecule has 3 heteroatoms. The Hall–Kier alpha value is -1.51. The lowest BCUT2D eigenvalue weighted by molar-refractivity contribution is -0.143. The molecule has 0 bridgehead atoms. The number of phenols is 1. The van der Waals surface area contributed by atoms with Crippen molar-refractivity contribution in [3.8, 4) is 5.75 Å². The molecule has 1 rings (SSSR count). The summed E-state index contributed by atoms with van der Waals surface area (Å²) in [4.78, 5) is 11.6. The Kier molecular flexibility index (Phi) is 5.69. The molecular weight excluding hydrogens is 228 g/mol. The van der Waals surface area contributed by atoms with Crippen molar-refractivity contribution in [1.82, 2.24) is 0 Å². The second-order valence-corrected chi connectivity index (χ2v) is 4.93. The summed E-state index contributed by atoms with van der Waals surface area (Å²) in [6.07, 6.45) is 1.33. The Balaban J connectivity index is 2.77. The van der Waals surface area contributed by atoms with Gasteiger partial charge in [0.1, 0.15) is 5.75 Å². The molecule has 1 aromatic carbocycles. The Morgan fingerprint density at radius 1 is 1.28 bits per heavy atom. The maximum Gasteiger partial charge on any atom is 0.306 e. The standard InChI is InChI=1S/C15H22O3/c1-4-18-15(17)10-13(9-11(2)3)12-5-7-14(16)8-6-12/h5-8,11,13,16H,4,9-10H2,1-3H3. The number of carbonyl (C=O) groups excluding carboxylic acids is 1. The molecule has 0 aliphatic heterocycles. The summed E-state index contributed by atoms with van der Waals surface area (Å²) in [5, 5.41) is 9.29. The van der Waals surface area contributed by atoms with Crippen molar-refractivity contribution in [1.29, 1.82) is 0 Å². The first-order chi connectivity index (χ1) is 8.52. The van der Waals surface area contributed by atoms with E-state index in [0.29, 0.717) is 18.9 Å². The number of phenolic OH excluding ortho intramolecular Hbond substituents is 1. The molecule has 0 radical (unpaired) electrons. The third kappa shape index (κ3) is 4.78. The predicted octanol–water partition coefficient (Wildman–Crippen LogP) is 3.48. The largest absolute Gasteiger partial charge is 0.508 e. The minimum absolute atomic E-state index is 0.156. The van der Waals surface area contributed by atoms with Crippen LogP contribution in [-0.4, -0.2) is 17.7 Å². The lowest BCUT2D eigenvalue weighted by atomic mass is 9.88. The van der Waals surface area contributed by atoms with Gasteiger partial charge in [0, 0.05) is 0 Å². The summed E-state index contributed by atoms with van der Waals surface area (Å²) in [6.45, 7) is 6.51. The zero-order valence-corrected chi connectivity index (χ0v) is 11.3. The normalized spacial score (nSPS) is 12.4. The fourth-order valence-electron chi connectivity index (χ4n) is 2.07. The molecule has 1 unspecified atom stereocenters. The van der Waals surface area contributed by atoms with E-state index in [1.807, 2.05) is 19.1 Å². The predicted molar refractivity (Wildman–Crippen MR) is 71.6 cm³/mol. The fourth-order valence-corrected chi connectivity index (χ4v) is 2.07. The van der Waals surface area contributed by atoms with Crippen LogP contribution in [0.2, 0.25) is 0 Å². The fraction of sp³-hybridized carbons (Fsp3) is 0.533. The van der Waals surface area contributed by atoms with Crippen molar-refractivity contribution in [2.24, 2.45) is 5.92 Å². The number of carbonyl (C=O) groups is 1. The van der Waals surface area contributed by atoms with E-state index in [9.17, 15) is 9.90 Å². The van der Waals surface area contributed by atoms with Gasteiger partial charge in [0.25, 0.3) is 0 Å². The number of aromatic hydroxyl groups is 1. The highest BCUT2D eigenvalue weighted by molar-refractivity contribution is 5.70. The first-order valence-electron chi connectivity index (χ1n) is 6.47. The third-order valence-corrected chi connectivity index (χ3v) is 2.84. The molecule has 0 fully saturated rings. The van der Waals surface area contributed by atoms with Crippen LogP contribution in [0, 0.1) is 5.92 Å². The number of hydrogen-bond donors (Lipinski definition) is 1. The van der Waals surface area contributed by atoms with Gasteiger partial charge in [-0.3, -0.25) is 4.79 Å². The lowest BCUT2D eigenvalue weighted by Gasteiger charge is -2.18. The van der Waals surface area contributed by atoms with E-state index in [4.69, 9.17) is 4.74 Å². The lowest BCUT2D eigenvalue weighted by Crippen LogP contribution is -2.12. The van der Waals surface area contributed by atoms with Crippen molar-refractivity contribution < 1.29 is 14.6 Å². The highest BCUT2D eigenvalue weighted by atomic mass is 16.5. The summed E-state index contributed by atoms with van der Waals surface area (Å²) < 4.78 is 5.01. The molecule has 0 saturated heterocycles. The van der Waals surface area contributed by atoms with Crippen molar-refractivity contribution in [2.75, 3.05) is 6.61 Å². The van der Waals surface area contributed by atoms with E-state index in [2.05, 4.69) is 13.8 Å². The van der Waals surface area contributed by atoms with Gasteiger partial charge in [0.2, 0.25) is 0 Å². The van der Waals surface area contributed by atoms with Gasteiger partial charge < -0.3 is 9.84 Å². The number of ether oxygens (including phenoxy) is 1. The Labute approximate surface area is 109 Å². The SMILES string of the molecule is CCOC(=O)CC(CC(C)C)c1ccc(O)cc1. The number of hydrogen-bond acceptors (Lipinski definition) is 3. The molecule has 0 saturated carbocycles. The molecule has 100 valence electrons. The Morgan fingerprint density at radius 2 is 1.89 bits per heavy atom. The van der Waals surface area contributed by atoms with Crippen LogP contribution in [0.1, 0.15) is 45.1 Å². The molecular formula is C15H22O3. The highest BCUT2D eigenvalue weighted by Crippen LogP contribution is 2.28. The highest BCUT2D eigenvalue weighted by Gasteiger charge is 2.18. The molecule has 0 aliphatic carbocycles. The van der Waals surface area contributed by atoms with Crippen molar-refractivity contribution >= 4 is 5.97 Å². The van der Waals surface area contributed by atoms with Gasteiger partial charge in [0.05, 0.1) is 13.0 Å². The minimum Gasteiger partial charge on any atom is -0.508 e. The zero-order valence-electron chi connectivity index (χ0n) is 11.3. The maximum absolute atomic E-state index is 11.6. The van der Waals surface area contributed by atoms with E-state index in [1.165, 1.54) is 0 Å². The molecule has 0 spiro atoms. The van der Waals surface area contributed by atoms with Crippen LogP contribution < -0.4 is 0 Å². The topological polar surface area (TPSA) is 46.5 Å². The van der Waals surface area contributed by atoms with Crippen molar-refractivity contribution in [3.05, 3.63) is 29.8 Å². The van der Waals surface area contributed by atoms with Crippen LogP contribution in [0.25, 0.3) is 0 Å². The van der Waals surface area contributed by atoms with Crippen LogP contribution in [-0.2, 0) is 9.53 Å². The summed E-state index contributed by atoms with van der Waals surface area (Å²) in [5.41, 5.74) is 1.08. The Bertz CT molecular complexity index is 368. The first kappa shape index (κ1) is 14.6. The van der Waals surface area contributed by atoms with E-state index in [0.717, 1.165) is 12.0 Å². The van der Waals surface area contributed by atoms with Gasteiger partial charge >= 0.3 is 5.97 Å². The summed E-state index contributed by atoms with van der Waals surface area (Å²) in [7, 11) is 0. The van der Waals surface area contributed by atoms with Gasteiger partial charge in [-0.25, -0.2) is 0 Å². The van der Waals surface area contributed by atoms with E-state index in [-0.39, 0.29) is 17.6 Å². The maximum atomic E-state index is 11.6. The molecule has 0 aromatic heterocycles. The van der Waals surface area contributed by atoms with E-state index >= 15 is 0 Å². The second-order valence-electron chi connectivity index (χ2n) is 4.93. The van der Waals surface area contributed by atoms with Gasteiger partial charge in [0.15, 0.2) is 0 Å². The quantitative estimate of drug-likeness (QED) is 0.786. The van der Waals surface area contributed by atoms with Gasteiger partial charge in [-0.15, -0.1) is 0 Å². The van der Waals surface area contributed by atoms with E-state index < -0.39 is 0 Å². The van der Waals surface area contributed by atoms with Crippen LogP contribution in [0.5, 0.6) is 5.75 Å². The van der Waals surface area contributed by atoms with Crippen molar-refractivity contribution in [2.45, 2.75) is 39.5 Å². The van der Waals surface area contributed by atoms with Gasteiger partial charge in [-0.05, 0) is 42.9 Å².